The van der Waals surface area contributed by atoms with Crippen molar-refractivity contribution in [1.82, 2.24) is 10.2 Å². The van der Waals surface area contributed by atoms with Crippen molar-refractivity contribution in [3.8, 4) is 0 Å². The van der Waals surface area contributed by atoms with E-state index in [2.05, 4.69) is 16.1 Å². The highest BCUT2D eigenvalue weighted by Crippen LogP contribution is 2.36. The molecule has 1 heterocycles. The van der Waals surface area contributed by atoms with Crippen molar-refractivity contribution < 1.29 is 19.1 Å². The smallest absolute Gasteiger partial charge is 0.410 e. The molecular weight excluding hydrogens is 392 g/mol. The van der Waals surface area contributed by atoms with E-state index >= 15 is 0 Å². The van der Waals surface area contributed by atoms with Gasteiger partial charge in [0, 0.05) is 24.7 Å². The van der Waals surface area contributed by atoms with Crippen molar-refractivity contribution in [2.45, 2.75) is 58.0 Å². The van der Waals surface area contributed by atoms with Crippen molar-refractivity contribution in [2.24, 2.45) is 5.92 Å². The number of rotatable bonds is 6. The first kappa shape index (κ1) is 23.3. The number of ether oxygens (including phenoxy) is 2. The van der Waals surface area contributed by atoms with Crippen molar-refractivity contribution in [1.29, 1.82) is 0 Å². The Morgan fingerprint density at radius 3 is 2.76 bits per heavy atom. The van der Waals surface area contributed by atoms with Crippen LogP contribution in [0.4, 0.5) is 9.59 Å². The summed E-state index contributed by atoms with van der Waals surface area (Å²) in [4.78, 5) is 25.7. The molecule has 0 unspecified atom stereocenters. The number of alkyl carbamates (subject to hydrolysis) is 1. The van der Waals surface area contributed by atoms with E-state index in [9.17, 15) is 9.59 Å². The van der Waals surface area contributed by atoms with Crippen LogP contribution in [0, 0.1) is 5.92 Å². The highest BCUT2D eigenvalue weighted by Gasteiger charge is 2.32. The average molecular weight is 425 g/mol. The van der Waals surface area contributed by atoms with Gasteiger partial charge in [-0.05, 0) is 76.0 Å². The van der Waals surface area contributed by atoms with Crippen LogP contribution in [0.5, 0.6) is 0 Å². The SMILES string of the molecule is COC(=O)NCCC[C@@H](c1cccc(Cl)c1)[C@@H]1CCCN(C(=O)OC(C)(C)C)C1. The molecule has 0 radical (unpaired) electrons. The number of hydrogen-bond donors (Lipinski definition) is 1. The molecule has 2 amide bonds. The maximum absolute atomic E-state index is 12.6. The Balaban J connectivity index is 2.08. The van der Waals surface area contributed by atoms with Crippen LogP contribution in [0.15, 0.2) is 24.3 Å². The van der Waals surface area contributed by atoms with Crippen molar-refractivity contribution in [2.75, 3.05) is 26.7 Å². The number of halogens is 1. The molecule has 29 heavy (non-hydrogen) atoms. The van der Waals surface area contributed by atoms with Crippen LogP contribution < -0.4 is 5.32 Å². The van der Waals surface area contributed by atoms with E-state index in [1.54, 1.807) is 0 Å². The quantitative estimate of drug-likeness (QED) is 0.636. The van der Waals surface area contributed by atoms with Gasteiger partial charge < -0.3 is 19.7 Å². The summed E-state index contributed by atoms with van der Waals surface area (Å²) in [5.74, 6) is 0.561. The third kappa shape index (κ3) is 7.77. The van der Waals surface area contributed by atoms with Gasteiger partial charge in [0.2, 0.25) is 0 Å². The zero-order valence-electron chi connectivity index (χ0n) is 17.9. The Bertz CT molecular complexity index is 690. The second-order valence-electron chi connectivity index (χ2n) is 8.55. The molecule has 1 saturated heterocycles. The number of piperidine rings is 1. The van der Waals surface area contributed by atoms with Crippen molar-refractivity contribution >= 4 is 23.8 Å². The lowest BCUT2D eigenvalue weighted by Crippen LogP contribution is -2.44. The normalized spacial score (nSPS) is 18.1. The summed E-state index contributed by atoms with van der Waals surface area (Å²) in [7, 11) is 1.36. The summed E-state index contributed by atoms with van der Waals surface area (Å²) in [5, 5.41) is 3.44. The van der Waals surface area contributed by atoms with Gasteiger partial charge >= 0.3 is 12.2 Å². The largest absolute Gasteiger partial charge is 0.453 e. The first-order chi connectivity index (χ1) is 13.7. The molecule has 1 aliphatic rings. The molecule has 2 atom stereocenters. The fraction of sp³-hybridized carbons (Fsp3) is 0.636. The third-order valence-corrected chi connectivity index (χ3v) is 5.34. The summed E-state index contributed by atoms with van der Waals surface area (Å²) in [6.45, 7) is 7.58. The summed E-state index contributed by atoms with van der Waals surface area (Å²) < 4.78 is 10.2. The lowest BCUT2D eigenvalue weighted by Gasteiger charge is -2.38. The van der Waals surface area contributed by atoms with Crippen molar-refractivity contribution in [3.63, 3.8) is 0 Å². The van der Waals surface area contributed by atoms with Crippen molar-refractivity contribution in [3.05, 3.63) is 34.9 Å². The number of nitrogens with zero attached hydrogens (tertiary/aromatic N) is 1. The van der Waals surface area contributed by atoms with Crippen LogP contribution in [-0.4, -0.2) is 49.4 Å². The standard InChI is InChI=1S/C22H33ClN2O4/c1-22(2,3)29-21(27)25-13-7-9-17(15-25)19(11-6-12-24-20(26)28-4)16-8-5-10-18(23)14-16/h5,8,10,14,17,19H,6-7,9,11-13,15H2,1-4H3,(H,24,26)/t17-,19+/m1/s1. The van der Waals surface area contributed by atoms with E-state index in [4.69, 9.17) is 16.3 Å². The molecule has 162 valence electrons. The number of nitrogens with one attached hydrogen (secondary N) is 1. The number of methoxy groups -OCH3 is 1. The van der Waals surface area contributed by atoms with E-state index in [1.807, 2.05) is 43.9 Å². The zero-order valence-corrected chi connectivity index (χ0v) is 18.6. The maximum atomic E-state index is 12.6. The number of benzene rings is 1. The maximum Gasteiger partial charge on any atom is 0.410 e. The predicted octanol–water partition coefficient (Wildman–Crippen LogP) is 5.21. The van der Waals surface area contributed by atoms with E-state index < -0.39 is 11.7 Å². The van der Waals surface area contributed by atoms with Gasteiger partial charge in [-0.25, -0.2) is 9.59 Å². The molecule has 1 fully saturated rings. The lowest BCUT2D eigenvalue weighted by molar-refractivity contribution is 0.0148. The highest BCUT2D eigenvalue weighted by atomic mass is 35.5. The molecular formula is C22H33ClN2O4. The van der Waals surface area contributed by atoms with Gasteiger partial charge in [-0.15, -0.1) is 0 Å². The first-order valence-electron chi connectivity index (χ1n) is 10.2. The monoisotopic (exact) mass is 424 g/mol. The van der Waals surface area contributed by atoms with E-state index in [0.29, 0.717) is 24.0 Å². The zero-order chi connectivity index (χ0) is 21.4. The fourth-order valence-electron chi connectivity index (χ4n) is 3.83. The second kappa shape index (κ2) is 10.7. The molecule has 1 aromatic carbocycles. The van der Waals surface area contributed by atoms with Crippen LogP contribution in [0.3, 0.4) is 0 Å². The third-order valence-electron chi connectivity index (χ3n) is 5.10. The van der Waals surface area contributed by atoms with Gasteiger partial charge in [0.05, 0.1) is 7.11 Å². The van der Waals surface area contributed by atoms with Crippen LogP contribution in [-0.2, 0) is 9.47 Å². The number of hydrogen-bond acceptors (Lipinski definition) is 4. The van der Waals surface area contributed by atoms with Crippen LogP contribution in [0.1, 0.15) is 57.9 Å². The summed E-state index contributed by atoms with van der Waals surface area (Å²) in [6.07, 6.45) is 3.02. The van der Waals surface area contributed by atoms with Gasteiger partial charge in [0.25, 0.3) is 0 Å². The topological polar surface area (TPSA) is 67.9 Å². The van der Waals surface area contributed by atoms with Gasteiger partial charge in [0.1, 0.15) is 5.60 Å². The molecule has 6 nitrogen and oxygen atoms in total. The van der Waals surface area contributed by atoms with Crippen LogP contribution >= 0.6 is 11.6 Å². The summed E-state index contributed by atoms with van der Waals surface area (Å²) in [6, 6.07) is 7.93. The fourth-order valence-corrected chi connectivity index (χ4v) is 4.03. The number of likely N-dealkylation sites (tertiary alicyclic amines) is 1. The van der Waals surface area contributed by atoms with Gasteiger partial charge in [0.15, 0.2) is 0 Å². The molecule has 0 spiro atoms. The minimum absolute atomic E-state index is 0.249. The molecule has 1 aromatic rings. The molecule has 1 N–H and O–H groups in total. The van der Waals surface area contributed by atoms with Crippen LogP contribution in [0.25, 0.3) is 0 Å². The van der Waals surface area contributed by atoms with Gasteiger partial charge in [-0.2, -0.15) is 0 Å². The molecule has 0 aromatic heterocycles. The molecule has 0 bridgehead atoms. The first-order valence-corrected chi connectivity index (χ1v) is 10.6. The van der Waals surface area contributed by atoms with Gasteiger partial charge in [-0.3, -0.25) is 0 Å². The summed E-state index contributed by atoms with van der Waals surface area (Å²) in [5.41, 5.74) is 0.669. The van der Waals surface area contributed by atoms with Crippen LogP contribution in [0.2, 0.25) is 5.02 Å². The molecule has 1 aliphatic heterocycles. The Labute approximate surface area is 178 Å². The Morgan fingerprint density at radius 2 is 2.10 bits per heavy atom. The average Bonchev–Trinajstić information content (AvgIpc) is 2.66. The minimum atomic E-state index is -0.504. The number of amides is 2. The molecule has 0 aliphatic carbocycles. The Kier molecular flexibility index (Phi) is 8.62. The molecule has 7 heteroatoms. The number of carbonyl (C=O) groups is 2. The lowest BCUT2D eigenvalue weighted by atomic mass is 9.78. The second-order valence-corrected chi connectivity index (χ2v) is 8.99. The number of carbonyl (C=O) groups excluding carboxylic acids is 2. The Morgan fingerprint density at radius 1 is 1.34 bits per heavy atom. The van der Waals surface area contributed by atoms with Gasteiger partial charge in [-0.1, -0.05) is 23.7 Å². The van der Waals surface area contributed by atoms with E-state index in [1.165, 1.54) is 12.7 Å². The summed E-state index contributed by atoms with van der Waals surface area (Å²) >= 11 is 6.24. The molecule has 2 rings (SSSR count). The Hall–Kier alpha value is -1.95. The molecule has 0 saturated carbocycles. The van der Waals surface area contributed by atoms with E-state index in [-0.39, 0.29) is 12.0 Å². The highest BCUT2D eigenvalue weighted by molar-refractivity contribution is 6.30. The minimum Gasteiger partial charge on any atom is -0.453 e. The van der Waals surface area contributed by atoms with E-state index in [0.717, 1.165) is 32.2 Å². The predicted molar refractivity (Wildman–Crippen MR) is 114 cm³/mol.